The van der Waals surface area contributed by atoms with Crippen molar-refractivity contribution in [3.63, 3.8) is 0 Å². The van der Waals surface area contributed by atoms with Gasteiger partial charge in [-0.3, -0.25) is 14.5 Å². The summed E-state index contributed by atoms with van der Waals surface area (Å²) in [6.07, 6.45) is 0. The fourth-order valence-corrected chi connectivity index (χ4v) is 4.32. The standard InChI is InChI=1S/C22H18FN3O5S/c1-11-24-25-22(32-11)26-18(13-6-4-5-7-15(13)30-2)17(20(28)21(26)29)19(27)14-10-12(23)8-9-16(14)31-3/h4-10,18,27H,1-3H3/b19-17+/t18-/m1/s1. The second kappa shape index (κ2) is 8.39. The molecule has 3 aromatic rings. The van der Waals surface area contributed by atoms with Crippen LogP contribution in [0.4, 0.5) is 9.52 Å². The number of methoxy groups -OCH3 is 2. The number of aliphatic hydroxyl groups excluding tert-OH is 1. The molecule has 1 atom stereocenters. The smallest absolute Gasteiger partial charge is 0.301 e. The molecule has 0 saturated carbocycles. The van der Waals surface area contributed by atoms with Gasteiger partial charge in [-0.2, -0.15) is 0 Å². The van der Waals surface area contributed by atoms with Gasteiger partial charge < -0.3 is 14.6 Å². The number of anilines is 1. The van der Waals surface area contributed by atoms with E-state index in [-0.39, 0.29) is 22.0 Å². The van der Waals surface area contributed by atoms with E-state index < -0.39 is 29.3 Å². The predicted molar refractivity (Wildman–Crippen MR) is 115 cm³/mol. The van der Waals surface area contributed by atoms with Gasteiger partial charge in [0.05, 0.1) is 25.4 Å². The van der Waals surface area contributed by atoms with Crippen molar-refractivity contribution < 1.29 is 28.6 Å². The molecule has 0 aliphatic carbocycles. The number of para-hydroxylation sites is 1. The number of Topliss-reactive ketones (excluding diaryl/α,β-unsaturated/α-hetero) is 1. The summed E-state index contributed by atoms with van der Waals surface area (Å²) in [6.45, 7) is 1.72. The van der Waals surface area contributed by atoms with Gasteiger partial charge in [0, 0.05) is 5.56 Å². The van der Waals surface area contributed by atoms with Crippen molar-refractivity contribution in [1.82, 2.24) is 10.2 Å². The predicted octanol–water partition coefficient (Wildman–Crippen LogP) is 3.63. The molecule has 1 N–H and O–H groups in total. The highest BCUT2D eigenvalue weighted by Crippen LogP contribution is 2.46. The second-order valence-electron chi connectivity index (χ2n) is 6.86. The number of hydrogen-bond donors (Lipinski definition) is 1. The normalized spacial score (nSPS) is 17.6. The Kier molecular flexibility index (Phi) is 5.62. The van der Waals surface area contributed by atoms with Gasteiger partial charge in [0.2, 0.25) is 5.13 Å². The third-order valence-electron chi connectivity index (χ3n) is 5.02. The first-order valence-electron chi connectivity index (χ1n) is 9.45. The number of rotatable bonds is 5. The van der Waals surface area contributed by atoms with E-state index in [4.69, 9.17) is 9.47 Å². The minimum atomic E-state index is -1.08. The van der Waals surface area contributed by atoms with Gasteiger partial charge in [-0.15, -0.1) is 10.2 Å². The van der Waals surface area contributed by atoms with E-state index in [1.807, 2.05) is 0 Å². The number of carbonyl (C=O) groups excluding carboxylic acids is 2. The third kappa shape index (κ3) is 3.48. The van der Waals surface area contributed by atoms with Crippen LogP contribution in [0.1, 0.15) is 22.2 Å². The zero-order valence-electron chi connectivity index (χ0n) is 17.3. The number of aromatic nitrogens is 2. The third-order valence-corrected chi connectivity index (χ3v) is 5.85. The van der Waals surface area contributed by atoms with Crippen molar-refractivity contribution in [2.24, 2.45) is 0 Å². The zero-order valence-corrected chi connectivity index (χ0v) is 18.1. The van der Waals surface area contributed by atoms with Gasteiger partial charge in [-0.25, -0.2) is 4.39 Å². The number of aryl methyl sites for hydroxylation is 1. The molecule has 8 nitrogen and oxygen atoms in total. The maximum absolute atomic E-state index is 14.0. The Hall–Kier alpha value is -3.79. The molecule has 1 saturated heterocycles. The maximum Gasteiger partial charge on any atom is 0.301 e. The van der Waals surface area contributed by atoms with Gasteiger partial charge in [0.1, 0.15) is 34.1 Å². The zero-order chi connectivity index (χ0) is 23.0. The molecule has 0 bridgehead atoms. The van der Waals surface area contributed by atoms with Crippen molar-refractivity contribution >= 4 is 33.9 Å². The monoisotopic (exact) mass is 455 g/mol. The number of carbonyl (C=O) groups is 2. The summed E-state index contributed by atoms with van der Waals surface area (Å²) in [5.74, 6) is -2.52. The molecule has 0 radical (unpaired) electrons. The molecule has 10 heteroatoms. The molecule has 4 rings (SSSR count). The molecule has 1 aliphatic rings. The average Bonchev–Trinajstić information content (AvgIpc) is 3.33. The highest BCUT2D eigenvalue weighted by molar-refractivity contribution is 7.15. The van der Waals surface area contributed by atoms with Crippen LogP contribution in [0.25, 0.3) is 5.76 Å². The number of amides is 1. The van der Waals surface area contributed by atoms with Crippen LogP contribution in [0.5, 0.6) is 11.5 Å². The average molecular weight is 455 g/mol. The molecule has 1 fully saturated rings. The first-order valence-corrected chi connectivity index (χ1v) is 10.3. The van der Waals surface area contributed by atoms with E-state index >= 15 is 0 Å². The Morgan fingerprint density at radius 2 is 1.81 bits per heavy atom. The van der Waals surface area contributed by atoms with Gasteiger partial charge in [0.25, 0.3) is 5.78 Å². The molecule has 2 heterocycles. The molecule has 32 heavy (non-hydrogen) atoms. The topological polar surface area (TPSA) is 102 Å². The second-order valence-corrected chi connectivity index (χ2v) is 8.02. The van der Waals surface area contributed by atoms with E-state index in [1.165, 1.54) is 25.2 Å². The molecule has 0 unspecified atom stereocenters. The number of nitrogens with zero attached hydrogens (tertiary/aromatic N) is 3. The first kappa shape index (κ1) is 21.4. The quantitative estimate of drug-likeness (QED) is 0.356. The van der Waals surface area contributed by atoms with Crippen LogP contribution in [0.3, 0.4) is 0 Å². The SMILES string of the molecule is COc1ccc(F)cc1/C(O)=C1\C(=O)C(=O)N(c2nnc(C)s2)[C@@H]1c1ccccc1OC. The van der Waals surface area contributed by atoms with Crippen LogP contribution in [0.15, 0.2) is 48.0 Å². The Balaban J connectivity index is 2.02. The van der Waals surface area contributed by atoms with Crippen LogP contribution >= 0.6 is 11.3 Å². The van der Waals surface area contributed by atoms with Crippen molar-refractivity contribution in [3.8, 4) is 11.5 Å². The van der Waals surface area contributed by atoms with Crippen LogP contribution in [-0.2, 0) is 9.59 Å². The van der Waals surface area contributed by atoms with E-state index in [0.29, 0.717) is 16.3 Å². The van der Waals surface area contributed by atoms with Crippen molar-refractivity contribution in [3.05, 3.63) is 70.0 Å². The fourth-order valence-electron chi connectivity index (χ4n) is 3.61. The first-order chi connectivity index (χ1) is 15.4. The number of aliphatic hydroxyl groups is 1. The van der Waals surface area contributed by atoms with Gasteiger partial charge in [-0.1, -0.05) is 29.5 Å². The molecule has 1 aromatic heterocycles. The largest absolute Gasteiger partial charge is 0.507 e. The van der Waals surface area contributed by atoms with Crippen molar-refractivity contribution in [2.45, 2.75) is 13.0 Å². The Labute approximate surface area is 186 Å². The molecular weight excluding hydrogens is 437 g/mol. The van der Waals surface area contributed by atoms with Crippen LogP contribution in [-0.4, -0.2) is 41.2 Å². The summed E-state index contributed by atoms with van der Waals surface area (Å²) < 4.78 is 24.7. The molecule has 1 aliphatic heterocycles. The summed E-state index contributed by atoms with van der Waals surface area (Å²) in [6, 6.07) is 9.24. The number of hydrogen-bond acceptors (Lipinski definition) is 8. The minimum absolute atomic E-state index is 0.0566. The fraction of sp³-hybridized carbons (Fsp3) is 0.182. The molecule has 164 valence electrons. The van der Waals surface area contributed by atoms with Crippen LogP contribution < -0.4 is 14.4 Å². The summed E-state index contributed by atoms with van der Waals surface area (Å²) in [7, 11) is 2.81. The highest BCUT2D eigenvalue weighted by atomic mass is 32.1. The molecule has 2 aromatic carbocycles. The van der Waals surface area contributed by atoms with Gasteiger partial charge >= 0.3 is 5.91 Å². The van der Waals surface area contributed by atoms with E-state index in [9.17, 15) is 19.1 Å². The lowest BCUT2D eigenvalue weighted by Crippen LogP contribution is -2.29. The van der Waals surface area contributed by atoms with Crippen LogP contribution in [0, 0.1) is 12.7 Å². The number of ketones is 1. The lowest BCUT2D eigenvalue weighted by Gasteiger charge is -2.24. The van der Waals surface area contributed by atoms with Crippen molar-refractivity contribution in [1.29, 1.82) is 0 Å². The van der Waals surface area contributed by atoms with Crippen molar-refractivity contribution in [2.75, 3.05) is 19.1 Å². The maximum atomic E-state index is 14.0. The van der Waals surface area contributed by atoms with Crippen LogP contribution in [0.2, 0.25) is 0 Å². The highest BCUT2D eigenvalue weighted by Gasteiger charge is 2.49. The van der Waals surface area contributed by atoms with E-state index in [0.717, 1.165) is 23.5 Å². The molecule has 1 amide bonds. The Morgan fingerprint density at radius 3 is 2.47 bits per heavy atom. The minimum Gasteiger partial charge on any atom is -0.507 e. The summed E-state index contributed by atoms with van der Waals surface area (Å²) in [5, 5.41) is 19.9. The molecule has 0 spiro atoms. The summed E-state index contributed by atoms with van der Waals surface area (Å²) in [5.41, 5.74) is 0.147. The lowest BCUT2D eigenvalue weighted by molar-refractivity contribution is -0.132. The van der Waals surface area contributed by atoms with E-state index in [2.05, 4.69) is 10.2 Å². The van der Waals surface area contributed by atoms with Gasteiger partial charge in [0.15, 0.2) is 0 Å². The molecular formula is C22H18FN3O5S. The number of halogens is 1. The number of ether oxygens (including phenoxy) is 2. The summed E-state index contributed by atoms with van der Waals surface area (Å²) >= 11 is 1.12. The number of benzene rings is 2. The Morgan fingerprint density at radius 1 is 1.09 bits per heavy atom. The van der Waals surface area contributed by atoms with E-state index in [1.54, 1.807) is 31.2 Å². The Bertz CT molecular complexity index is 1260. The van der Waals surface area contributed by atoms with Gasteiger partial charge in [-0.05, 0) is 31.2 Å². The summed E-state index contributed by atoms with van der Waals surface area (Å²) in [4.78, 5) is 27.4. The lowest BCUT2D eigenvalue weighted by atomic mass is 9.94.